The molecule has 0 saturated carbocycles. The van der Waals surface area contributed by atoms with E-state index in [9.17, 15) is 9.90 Å². The first-order valence-electron chi connectivity index (χ1n) is 9.03. The van der Waals surface area contributed by atoms with E-state index in [1.165, 1.54) is 0 Å². The van der Waals surface area contributed by atoms with Crippen molar-refractivity contribution >= 4 is 5.91 Å². The van der Waals surface area contributed by atoms with Gasteiger partial charge in [0.25, 0.3) is 0 Å². The highest BCUT2D eigenvalue weighted by atomic mass is 16.5. The first-order valence-corrected chi connectivity index (χ1v) is 9.03. The van der Waals surface area contributed by atoms with Crippen molar-refractivity contribution in [3.63, 3.8) is 0 Å². The highest BCUT2D eigenvalue weighted by Gasteiger charge is 2.09. The quantitative estimate of drug-likeness (QED) is 0.571. The Kier molecular flexibility index (Phi) is 8.12. The van der Waals surface area contributed by atoms with Gasteiger partial charge < -0.3 is 20.5 Å². The third-order valence-electron chi connectivity index (χ3n) is 4.14. The van der Waals surface area contributed by atoms with Gasteiger partial charge in [0.15, 0.2) is 0 Å². The average Bonchev–Trinajstić information content (AvgIpc) is 2.65. The van der Waals surface area contributed by atoms with Crippen LogP contribution in [0.1, 0.15) is 43.0 Å². The van der Waals surface area contributed by atoms with Crippen molar-refractivity contribution in [3.8, 4) is 5.75 Å². The summed E-state index contributed by atoms with van der Waals surface area (Å²) in [4.78, 5) is 12.1. The Morgan fingerprint density at radius 2 is 1.92 bits per heavy atom. The zero-order valence-electron chi connectivity index (χ0n) is 15.5. The molecule has 3 N–H and O–H groups in total. The van der Waals surface area contributed by atoms with Crippen LogP contribution in [-0.4, -0.2) is 24.2 Å². The molecule has 0 bridgehead atoms. The number of carbonyl (C=O) groups excluding carboxylic acids is 1. The Morgan fingerprint density at radius 1 is 1.15 bits per heavy atom. The number of carbonyl (C=O) groups is 1. The molecular formula is C21H28N2O3. The molecule has 0 heterocycles. The van der Waals surface area contributed by atoms with Crippen molar-refractivity contribution in [2.24, 2.45) is 0 Å². The summed E-state index contributed by atoms with van der Waals surface area (Å²) in [6, 6.07) is 15.0. The van der Waals surface area contributed by atoms with Crippen molar-refractivity contribution in [1.82, 2.24) is 10.6 Å². The molecule has 1 amide bonds. The molecule has 0 aliphatic heterocycles. The summed E-state index contributed by atoms with van der Waals surface area (Å²) in [5.41, 5.74) is 3.11. The van der Waals surface area contributed by atoms with E-state index in [0.717, 1.165) is 29.7 Å². The highest BCUT2D eigenvalue weighted by molar-refractivity contribution is 5.78. The van der Waals surface area contributed by atoms with Gasteiger partial charge in [-0.25, -0.2) is 0 Å². The minimum absolute atomic E-state index is 0.0254. The molecule has 0 aliphatic rings. The van der Waals surface area contributed by atoms with Gasteiger partial charge in [-0.05, 0) is 42.2 Å². The van der Waals surface area contributed by atoms with E-state index in [0.29, 0.717) is 13.2 Å². The lowest BCUT2D eigenvalue weighted by atomic mass is 10.1. The van der Waals surface area contributed by atoms with E-state index in [1.54, 1.807) is 18.2 Å². The lowest BCUT2D eigenvalue weighted by molar-refractivity contribution is -0.120. The van der Waals surface area contributed by atoms with Crippen LogP contribution in [0.4, 0.5) is 0 Å². The summed E-state index contributed by atoms with van der Waals surface area (Å²) in [5, 5.41) is 15.6. The van der Waals surface area contributed by atoms with Crippen LogP contribution in [0, 0.1) is 0 Å². The summed E-state index contributed by atoms with van der Waals surface area (Å²) < 4.78 is 5.61. The second kappa shape index (κ2) is 10.6. The zero-order chi connectivity index (χ0) is 18.8. The summed E-state index contributed by atoms with van der Waals surface area (Å²) in [6.07, 6.45) is 0.988. The smallest absolute Gasteiger partial charge is 0.234 e. The van der Waals surface area contributed by atoms with Gasteiger partial charge in [0, 0.05) is 19.2 Å². The largest absolute Gasteiger partial charge is 0.508 e. The predicted molar refractivity (Wildman–Crippen MR) is 103 cm³/mol. The molecule has 140 valence electrons. The van der Waals surface area contributed by atoms with Gasteiger partial charge in [-0.1, -0.05) is 43.3 Å². The Balaban J connectivity index is 1.80. The number of nitrogens with one attached hydrogen (secondary N) is 2. The first-order chi connectivity index (χ1) is 12.6. The van der Waals surface area contributed by atoms with Crippen LogP contribution in [-0.2, 0) is 22.7 Å². The van der Waals surface area contributed by atoms with E-state index in [1.807, 2.05) is 37.3 Å². The monoisotopic (exact) mass is 356 g/mol. The number of ether oxygens (including phenoxy) is 1. The van der Waals surface area contributed by atoms with Crippen LogP contribution in [0.3, 0.4) is 0 Å². The molecule has 0 unspecified atom stereocenters. The van der Waals surface area contributed by atoms with E-state index >= 15 is 0 Å². The number of benzene rings is 2. The van der Waals surface area contributed by atoms with E-state index in [4.69, 9.17) is 4.74 Å². The van der Waals surface area contributed by atoms with Gasteiger partial charge in [-0.2, -0.15) is 0 Å². The molecule has 1 atom stereocenters. The van der Waals surface area contributed by atoms with Crippen LogP contribution >= 0.6 is 0 Å². The van der Waals surface area contributed by atoms with Crippen molar-refractivity contribution in [3.05, 3.63) is 65.2 Å². The van der Waals surface area contributed by atoms with Gasteiger partial charge in [-0.15, -0.1) is 0 Å². The molecule has 2 aromatic rings. The summed E-state index contributed by atoms with van der Waals surface area (Å²) in [5.74, 6) is 0.156. The molecule has 0 fully saturated rings. The van der Waals surface area contributed by atoms with Gasteiger partial charge in [-0.3, -0.25) is 4.79 Å². The number of aromatic hydroxyl groups is 1. The lowest BCUT2D eigenvalue weighted by Gasteiger charge is -2.15. The molecule has 0 aliphatic carbocycles. The number of hydrogen-bond donors (Lipinski definition) is 3. The lowest BCUT2D eigenvalue weighted by Crippen LogP contribution is -2.34. The Labute approximate surface area is 155 Å². The fraction of sp³-hybridized carbons (Fsp3) is 0.381. The standard InChI is InChI=1S/C21H28N2O3/c1-3-11-26-15-19-8-5-4-7-18(19)13-23-21(25)14-22-16(2)17-9-6-10-20(24)12-17/h4-10,12,16,22,24H,3,11,13-15H2,1-2H3,(H,23,25)/t16-/m0/s1. The zero-order valence-corrected chi connectivity index (χ0v) is 15.5. The number of rotatable bonds is 10. The fourth-order valence-electron chi connectivity index (χ4n) is 2.61. The van der Waals surface area contributed by atoms with Gasteiger partial charge in [0.1, 0.15) is 5.75 Å². The molecule has 0 spiro atoms. The normalized spacial score (nSPS) is 11.9. The predicted octanol–water partition coefficient (Wildman–Crippen LogP) is 3.29. The number of hydrogen-bond acceptors (Lipinski definition) is 4. The van der Waals surface area contributed by atoms with Crippen LogP contribution in [0.15, 0.2) is 48.5 Å². The molecule has 5 nitrogen and oxygen atoms in total. The average molecular weight is 356 g/mol. The second-order valence-corrected chi connectivity index (χ2v) is 6.30. The molecule has 0 aromatic heterocycles. The molecule has 2 rings (SSSR count). The first kappa shape index (κ1) is 19.9. The molecule has 26 heavy (non-hydrogen) atoms. The topological polar surface area (TPSA) is 70.6 Å². The van der Waals surface area contributed by atoms with E-state index in [2.05, 4.69) is 17.6 Å². The van der Waals surface area contributed by atoms with Crippen LogP contribution < -0.4 is 10.6 Å². The molecule has 0 saturated heterocycles. The van der Waals surface area contributed by atoms with Crippen LogP contribution in [0.25, 0.3) is 0 Å². The van der Waals surface area contributed by atoms with Crippen LogP contribution in [0.5, 0.6) is 5.75 Å². The summed E-state index contributed by atoms with van der Waals surface area (Å²) >= 11 is 0. The Hall–Kier alpha value is -2.37. The minimum atomic E-state index is -0.0683. The van der Waals surface area contributed by atoms with Gasteiger partial charge >= 0.3 is 0 Å². The molecular weight excluding hydrogens is 328 g/mol. The maximum Gasteiger partial charge on any atom is 0.234 e. The Morgan fingerprint density at radius 3 is 2.65 bits per heavy atom. The summed E-state index contributed by atoms with van der Waals surface area (Å²) in [6.45, 7) is 6.03. The van der Waals surface area contributed by atoms with Crippen LogP contribution in [0.2, 0.25) is 0 Å². The van der Waals surface area contributed by atoms with Gasteiger partial charge in [0.05, 0.1) is 13.2 Å². The maximum atomic E-state index is 12.1. The van der Waals surface area contributed by atoms with Crippen molar-refractivity contribution < 1.29 is 14.6 Å². The van der Waals surface area contributed by atoms with Gasteiger partial charge in [0.2, 0.25) is 5.91 Å². The number of amides is 1. The van der Waals surface area contributed by atoms with Crippen molar-refractivity contribution in [2.45, 2.75) is 39.5 Å². The summed E-state index contributed by atoms with van der Waals surface area (Å²) in [7, 11) is 0. The molecule has 5 heteroatoms. The number of phenols is 1. The Bertz CT molecular complexity index is 703. The third kappa shape index (κ3) is 6.50. The second-order valence-electron chi connectivity index (χ2n) is 6.30. The fourth-order valence-corrected chi connectivity index (χ4v) is 2.61. The van der Waals surface area contributed by atoms with E-state index < -0.39 is 0 Å². The number of phenolic OH excluding ortho intramolecular Hbond substituents is 1. The minimum Gasteiger partial charge on any atom is -0.508 e. The third-order valence-corrected chi connectivity index (χ3v) is 4.14. The molecule has 2 aromatic carbocycles. The maximum absolute atomic E-state index is 12.1. The van der Waals surface area contributed by atoms with E-state index in [-0.39, 0.29) is 24.2 Å². The highest BCUT2D eigenvalue weighted by Crippen LogP contribution is 2.17. The van der Waals surface area contributed by atoms with Crippen molar-refractivity contribution in [1.29, 1.82) is 0 Å². The van der Waals surface area contributed by atoms with Crippen molar-refractivity contribution in [2.75, 3.05) is 13.2 Å². The molecule has 0 radical (unpaired) electrons. The SMILES string of the molecule is CCCOCc1ccccc1CNC(=O)CN[C@@H](C)c1cccc(O)c1.